The summed E-state index contributed by atoms with van der Waals surface area (Å²) in [6, 6.07) is 15.6. The van der Waals surface area contributed by atoms with E-state index >= 15 is 0 Å². The quantitative estimate of drug-likeness (QED) is 0.640. The molecule has 0 saturated carbocycles. The van der Waals surface area contributed by atoms with E-state index in [4.69, 9.17) is 30.9 Å². The van der Waals surface area contributed by atoms with Gasteiger partial charge >= 0.3 is 0 Å². The number of nitrogens with one attached hydrogen (secondary N) is 1. The molecular formula is C22H24ClN3O3. The van der Waals surface area contributed by atoms with Gasteiger partial charge in [0.05, 0.1) is 49.4 Å². The number of methoxy groups -OCH3 is 1. The van der Waals surface area contributed by atoms with Gasteiger partial charge in [-0.25, -0.2) is 4.68 Å². The summed E-state index contributed by atoms with van der Waals surface area (Å²) in [6.45, 7) is 3.30. The second-order valence-corrected chi connectivity index (χ2v) is 7.23. The fourth-order valence-electron chi connectivity index (χ4n) is 3.31. The maximum Gasteiger partial charge on any atom is 0.119 e. The summed E-state index contributed by atoms with van der Waals surface area (Å²) in [5.74, 6) is 0.809. The van der Waals surface area contributed by atoms with Crippen LogP contribution in [0.3, 0.4) is 0 Å². The molecule has 1 unspecified atom stereocenters. The highest BCUT2D eigenvalue weighted by molar-refractivity contribution is 6.33. The van der Waals surface area contributed by atoms with E-state index in [1.54, 1.807) is 7.11 Å². The normalized spacial score (nSPS) is 16.7. The van der Waals surface area contributed by atoms with Crippen molar-refractivity contribution in [3.8, 4) is 22.7 Å². The molecular weight excluding hydrogens is 390 g/mol. The van der Waals surface area contributed by atoms with E-state index in [0.29, 0.717) is 31.4 Å². The maximum absolute atomic E-state index is 6.46. The highest BCUT2D eigenvalue weighted by atomic mass is 35.5. The van der Waals surface area contributed by atoms with Crippen molar-refractivity contribution < 1.29 is 14.2 Å². The minimum Gasteiger partial charge on any atom is -0.497 e. The lowest BCUT2D eigenvalue weighted by Crippen LogP contribution is -2.37. The second kappa shape index (κ2) is 9.41. The first-order valence-electron chi connectivity index (χ1n) is 9.62. The Morgan fingerprint density at radius 2 is 2.00 bits per heavy atom. The Hall–Kier alpha value is -2.38. The molecule has 152 valence electrons. The number of benzene rings is 2. The third kappa shape index (κ3) is 4.79. The van der Waals surface area contributed by atoms with E-state index in [1.165, 1.54) is 0 Å². The van der Waals surface area contributed by atoms with Crippen LogP contribution in [0.1, 0.15) is 5.56 Å². The molecule has 1 atom stereocenters. The van der Waals surface area contributed by atoms with E-state index < -0.39 is 0 Å². The highest BCUT2D eigenvalue weighted by Gasteiger charge is 2.17. The lowest BCUT2D eigenvalue weighted by Gasteiger charge is -2.23. The predicted octanol–water partition coefficient (Wildman–Crippen LogP) is 3.71. The zero-order valence-electron chi connectivity index (χ0n) is 16.3. The minimum absolute atomic E-state index is 0.0733. The number of hydrogen-bond acceptors (Lipinski definition) is 5. The van der Waals surface area contributed by atoms with Crippen LogP contribution in [0.25, 0.3) is 16.9 Å². The Morgan fingerprint density at radius 1 is 1.17 bits per heavy atom. The van der Waals surface area contributed by atoms with E-state index in [-0.39, 0.29) is 6.10 Å². The number of nitrogens with zero attached hydrogens (tertiary/aromatic N) is 2. The second-order valence-electron chi connectivity index (χ2n) is 6.82. The van der Waals surface area contributed by atoms with Crippen molar-refractivity contribution in [2.45, 2.75) is 12.6 Å². The first-order valence-corrected chi connectivity index (χ1v) is 10.0. The van der Waals surface area contributed by atoms with Crippen molar-refractivity contribution in [2.75, 3.05) is 33.5 Å². The van der Waals surface area contributed by atoms with E-state index in [2.05, 4.69) is 5.32 Å². The Labute approximate surface area is 175 Å². The molecule has 1 saturated heterocycles. The molecule has 1 fully saturated rings. The smallest absolute Gasteiger partial charge is 0.119 e. The molecule has 0 amide bonds. The van der Waals surface area contributed by atoms with Crippen molar-refractivity contribution >= 4 is 11.6 Å². The van der Waals surface area contributed by atoms with Gasteiger partial charge in [0.2, 0.25) is 0 Å². The molecule has 0 spiro atoms. The van der Waals surface area contributed by atoms with Gasteiger partial charge in [0, 0.05) is 30.4 Å². The van der Waals surface area contributed by atoms with E-state index in [9.17, 15) is 0 Å². The molecule has 1 N–H and O–H groups in total. The standard InChI is InChI=1S/C22H24ClN3O3/c1-27-18-8-6-17(7-9-18)26-14-16(12-24-13-19-15-28-10-11-29-19)22(25-26)20-4-2-3-5-21(20)23/h2-9,14,19,24H,10-13,15H2,1H3. The fraction of sp³-hybridized carbons (Fsp3) is 0.318. The molecule has 1 aromatic heterocycles. The Balaban J connectivity index is 1.58. The van der Waals surface area contributed by atoms with Gasteiger partial charge in [0.1, 0.15) is 5.75 Å². The summed E-state index contributed by atoms with van der Waals surface area (Å²) >= 11 is 6.46. The van der Waals surface area contributed by atoms with Crippen molar-refractivity contribution in [1.29, 1.82) is 0 Å². The van der Waals surface area contributed by atoms with E-state index in [0.717, 1.165) is 34.8 Å². The Kier molecular flexibility index (Phi) is 6.46. The van der Waals surface area contributed by atoms with Gasteiger partial charge in [0.25, 0.3) is 0 Å². The maximum atomic E-state index is 6.46. The topological polar surface area (TPSA) is 57.5 Å². The van der Waals surface area contributed by atoms with Crippen LogP contribution in [0.5, 0.6) is 5.75 Å². The first-order chi connectivity index (χ1) is 14.2. The lowest BCUT2D eigenvalue weighted by molar-refractivity contribution is -0.0864. The summed E-state index contributed by atoms with van der Waals surface area (Å²) in [4.78, 5) is 0. The van der Waals surface area contributed by atoms with Crippen molar-refractivity contribution in [3.05, 3.63) is 65.3 Å². The van der Waals surface area contributed by atoms with Crippen molar-refractivity contribution in [3.63, 3.8) is 0 Å². The number of rotatable bonds is 7. The third-order valence-corrected chi connectivity index (χ3v) is 5.16. The fourth-order valence-corrected chi connectivity index (χ4v) is 3.53. The zero-order valence-corrected chi connectivity index (χ0v) is 17.1. The largest absolute Gasteiger partial charge is 0.497 e. The van der Waals surface area contributed by atoms with Crippen LogP contribution in [-0.2, 0) is 16.0 Å². The number of ether oxygens (including phenoxy) is 3. The van der Waals surface area contributed by atoms with Crippen LogP contribution in [-0.4, -0.2) is 49.4 Å². The van der Waals surface area contributed by atoms with Crippen LogP contribution >= 0.6 is 11.6 Å². The molecule has 6 nitrogen and oxygen atoms in total. The monoisotopic (exact) mass is 413 g/mol. The first kappa shape index (κ1) is 19.9. The van der Waals surface area contributed by atoms with Crippen LogP contribution in [0.2, 0.25) is 5.02 Å². The number of halogens is 1. The van der Waals surface area contributed by atoms with Gasteiger partial charge in [-0.1, -0.05) is 29.8 Å². The van der Waals surface area contributed by atoms with E-state index in [1.807, 2.05) is 59.4 Å². The van der Waals surface area contributed by atoms with Gasteiger partial charge < -0.3 is 19.5 Å². The van der Waals surface area contributed by atoms with Gasteiger partial charge in [-0.2, -0.15) is 5.10 Å². The van der Waals surface area contributed by atoms with Crippen LogP contribution < -0.4 is 10.1 Å². The average Bonchev–Trinajstić information content (AvgIpc) is 3.19. The average molecular weight is 414 g/mol. The molecule has 0 radical (unpaired) electrons. The summed E-state index contributed by atoms with van der Waals surface area (Å²) in [5, 5.41) is 8.97. The van der Waals surface area contributed by atoms with Gasteiger partial charge in [-0.15, -0.1) is 0 Å². The molecule has 2 aromatic carbocycles. The van der Waals surface area contributed by atoms with Gasteiger partial charge in [-0.3, -0.25) is 0 Å². The Morgan fingerprint density at radius 3 is 2.72 bits per heavy atom. The van der Waals surface area contributed by atoms with Gasteiger partial charge in [0.15, 0.2) is 0 Å². The highest BCUT2D eigenvalue weighted by Crippen LogP contribution is 2.30. The molecule has 4 rings (SSSR count). The molecule has 3 aromatic rings. The van der Waals surface area contributed by atoms with Crippen molar-refractivity contribution in [1.82, 2.24) is 15.1 Å². The Bertz CT molecular complexity index is 937. The molecule has 29 heavy (non-hydrogen) atoms. The number of aromatic nitrogens is 2. The molecule has 7 heteroatoms. The van der Waals surface area contributed by atoms with Crippen LogP contribution in [0, 0.1) is 0 Å². The van der Waals surface area contributed by atoms with Crippen molar-refractivity contribution in [2.24, 2.45) is 0 Å². The lowest BCUT2D eigenvalue weighted by atomic mass is 10.1. The molecule has 0 aliphatic carbocycles. The molecule has 1 aliphatic heterocycles. The third-order valence-electron chi connectivity index (χ3n) is 4.83. The summed E-state index contributed by atoms with van der Waals surface area (Å²) in [5.41, 5.74) is 3.79. The molecule has 2 heterocycles. The minimum atomic E-state index is 0.0733. The van der Waals surface area contributed by atoms with Crippen LogP contribution in [0.4, 0.5) is 0 Å². The van der Waals surface area contributed by atoms with Gasteiger partial charge in [-0.05, 0) is 30.3 Å². The summed E-state index contributed by atoms with van der Waals surface area (Å²) < 4.78 is 18.3. The summed E-state index contributed by atoms with van der Waals surface area (Å²) in [7, 11) is 1.66. The van der Waals surface area contributed by atoms with Crippen LogP contribution in [0.15, 0.2) is 54.7 Å². The predicted molar refractivity (Wildman–Crippen MR) is 113 cm³/mol. The molecule has 0 bridgehead atoms. The number of hydrogen-bond donors (Lipinski definition) is 1. The molecule has 1 aliphatic rings. The summed E-state index contributed by atoms with van der Waals surface area (Å²) in [6.07, 6.45) is 2.11. The SMILES string of the molecule is COc1ccc(-n2cc(CNCC3COCCO3)c(-c3ccccc3Cl)n2)cc1. The zero-order chi connectivity index (χ0) is 20.1.